The Bertz CT molecular complexity index is 1480. The average Bonchev–Trinajstić information content (AvgIpc) is 3.21. The molecule has 35 heavy (non-hydrogen) atoms. The van der Waals surface area contributed by atoms with E-state index in [1.807, 2.05) is 36.4 Å². The molecule has 1 heterocycles. The number of hydrogen-bond donors (Lipinski definition) is 3. The number of nitrogens with one attached hydrogen (secondary N) is 2. The number of oxime groups is 1. The Balaban J connectivity index is 1.68. The number of carbonyl (C=O) groups is 2. The van der Waals surface area contributed by atoms with Crippen LogP contribution in [0.3, 0.4) is 0 Å². The van der Waals surface area contributed by atoms with Gasteiger partial charge in [0.05, 0.1) is 37.4 Å². The monoisotopic (exact) mass is 474 g/mol. The van der Waals surface area contributed by atoms with Gasteiger partial charge in [-0.05, 0) is 28.8 Å². The minimum Gasteiger partial charge on any atom is -0.465 e. The summed E-state index contributed by atoms with van der Waals surface area (Å²) in [5.74, 6) is -0.588. The van der Waals surface area contributed by atoms with E-state index in [2.05, 4.69) is 20.2 Å². The zero-order valence-electron chi connectivity index (χ0n) is 18.9. The average molecular weight is 474 g/mol. The van der Waals surface area contributed by atoms with Crippen molar-refractivity contribution in [2.75, 3.05) is 14.2 Å². The number of fused-ring (bicyclic) bond motifs is 1. The number of carbonyl (C=O) groups excluding carboxylic acids is 2. The number of H-pyrrole nitrogens is 1. The van der Waals surface area contributed by atoms with Gasteiger partial charge < -0.3 is 19.7 Å². The molecule has 178 valence electrons. The molecule has 10 nitrogen and oxygen atoms in total. The first kappa shape index (κ1) is 23.3. The van der Waals surface area contributed by atoms with Crippen LogP contribution in [0.5, 0.6) is 0 Å². The highest BCUT2D eigenvalue weighted by Gasteiger charge is 2.18. The topological polar surface area (TPSA) is 135 Å². The summed E-state index contributed by atoms with van der Waals surface area (Å²) in [6.45, 7) is 0.224. The fraction of sp³-hybridized carbons (Fsp3) is 0.120. The van der Waals surface area contributed by atoms with Crippen LogP contribution in [0, 0.1) is 0 Å². The number of rotatable bonds is 5. The third-order valence-electron chi connectivity index (χ3n) is 5.49. The Labute approximate surface area is 199 Å². The van der Waals surface area contributed by atoms with Gasteiger partial charge >= 0.3 is 17.8 Å². The number of alkyl carbamates (subject to hydrolysis) is 1. The zero-order chi connectivity index (χ0) is 24.9. The number of aromatic amines is 1. The molecule has 1 amide bonds. The van der Waals surface area contributed by atoms with E-state index in [0.29, 0.717) is 27.7 Å². The summed E-state index contributed by atoms with van der Waals surface area (Å²) in [5.41, 5.74) is 3.76. The Kier molecular flexibility index (Phi) is 6.63. The van der Waals surface area contributed by atoms with Crippen LogP contribution < -0.4 is 11.0 Å². The molecule has 0 saturated heterocycles. The maximum atomic E-state index is 12.6. The molecule has 4 rings (SSSR count). The number of methoxy groups -OCH3 is 2. The number of ether oxygens (including phenoxy) is 2. The molecule has 0 spiro atoms. The molecular formula is C25H22N4O6. The summed E-state index contributed by atoms with van der Waals surface area (Å²) in [7, 11) is 2.50. The molecule has 3 N–H and O–H groups in total. The first-order chi connectivity index (χ1) is 17.0. The summed E-state index contributed by atoms with van der Waals surface area (Å²) in [6, 6.07) is 19.5. The number of amides is 1. The number of aromatic nitrogens is 2. The highest BCUT2D eigenvalue weighted by atomic mass is 16.5. The van der Waals surface area contributed by atoms with Crippen LogP contribution in [0.1, 0.15) is 21.5 Å². The highest BCUT2D eigenvalue weighted by molar-refractivity contribution is 6.10. The van der Waals surface area contributed by atoms with Crippen molar-refractivity contribution in [3.05, 3.63) is 93.9 Å². The summed E-state index contributed by atoms with van der Waals surface area (Å²) >= 11 is 0. The van der Waals surface area contributed by atoms with Crippen molar-refractivity contribution in [3.63, 3.8) is 0 Å². The van der Waals surface area contributed by atoms with E-state index in [1.54, 1.807) is 30.3 Å². The Morgan fingerprint density at radius 1 is 0.971 bits per heavy atom. The van der Waals surface area contributed by atoms with E-state index in [-0.39, 0.29) is 18.1 Å². The van der Waals surface area contributed by atoms with Gasteiger partial charge in [-0.2, -0.15) is 0 Å². The van der Waals surface area contributed by atoms with E-state index in [4.69, 9.17) is 4.74 Å². The second kappa shape index (κ2) is 9.96. The maximum Gasteiger partial charge on any atom is 0.412 e. The largest absolute Gasteiger partial charge is 0.465 e. The first-order valence-electron chi connectivity index (χ1n) is 10.5. The molecule has 0 aliphatic heterocycles. The zero-order valence-corrected chi connectivity index (χ0v) is 18.9. The van der Waals surface area contributed by atoms with Gasteiger partial charge in [0, 0.05) is 5.56 Å². The number of benzene rings is 3. The fourth-order valence-electron chi connectivity index (χ4n) is 3.85. The molecule has 0 aliphatic carbocycles. The van der Waals surface area contributed by atoms with Gasteiger partial charge in [-0.25, -0.2) is 14.4 Å². The molecular weight excluding hydrogens is 452 g/mol. The Morgan fingerprint density at radius 3 is 2.37 bits per heavy atom. The number of imidazole rings is 1. The molecule has 10 heteroatoms. The van der Waals surface area contributed by atoms with Crippen molar-refractivity contribution in [2.24, 2.45) is 5.16 Å². The summed E-state index contributed by atoms with van der Waals surface area (Å²) in [5, 5.41) is 15.0. The SMILES string of the molecule is COC(=O)N/C(=N\O)c1ccccc1-c1ccc(Cn2c(=O)[nH]c3cccc(C(=O)OC)c32)cc1. The lowest BCUT2D eigenvalue weighted by molar-refractivity contribution is 0.0602. The first-order valence-corrected chi connectivity index (χ1v) is 10.5. The molecule has 0 radical (unpaired) electrons. The minimum absolute atomic E-state index is 0.0581. The molecule has 0 unspecified atom stereocenters. The molecule has 4 aromatic rings. The van der Waals surface area contributed by atoms with Crippen molar-refractivity contribution < 1.29 is 24.3 Å². The predicted molar refractivity (Wildman–Crippen MR) is 129 cm³/mol. The number of amidine groups is 1. The van der Waals surface area contributed by atoms with Gasteiger partial charge in [0.2, 0.25) is 0 Å². The molecule has 1 aromatic heterocycles. The van der Waals surface area contributed by atoms with Gasteiger partial charge in [-0.15, -0.1) is 0 Å². The lowest BCUT2D eigenvalue weighted by atomic mass is 9.98. The number of nitrogens with zero attached hydrogens (tertiary/aromatic N) is 2. The molecule has 0 aliphatic rings. The Morgan fingerprint density at radius 2 is 1.69 bits per heavy atom. The molecule has 3 aromatic carbocycles. The summed E-state index contributed by atoms with van der Waals surface area (Å²) < 4.78 is 10.9. The lowest BCUT2D eigenvalue weighted by Gasteiger charge is -2.12. The van der Waals surface area contributed by atoms with Crippen molar-refractivity contribution in [2.45, 2.75) is 6.54 Å². The number of para-hydroxylation sites is 1. The van der Waals surface area contributed by atoms with E-state index < -0.39 is 12.1 Å². The van der Waals surface area contributed by atoms with Gasteiger partial charge in [0.15, 0.2) is 5.84 Å². The molecule has 0 atom stereocenters. The van der Waals surface area contributed by atoms with Crippen LogP contribution >= 0.6 is 0 Å². The lowest BCUT2D eigenvalue weighted by Crippen LogP contribution is -2.31. The van der Waals surface area contributed by atoms with Crippen LogP contribution in [0.25, 0.3) is 22.2 Å². The van der Waals surface area contributed by atoms with Gasteiger partial charge in [-0.3, -0.25) is 9.88 Å². The standard InChI is InChI=1S/C25H22N4O6/c1-34-23(30)19-8-5-9-20-21(19)29(24(31)26-20)14-15-10-12-16(13-11-15)17-6-3-4-7-18(17)22(28-33)27-25(32)35-2/h3-13,33H,14H2,1-2H3,(H,26,31)(H,27,28,32). The summed E-state index contributed by atoms with van der Waals surface area (Å²) in [6.07, 6.45) is -0.765. The normalized spacial score (nSPS) is 11.3. The highest BCUT2D eigenvalue weighted by Crippen LogP contribution is 2.25. The summed E-state index contributed by atoms with van der Waals surface area (Å²) in [4.78, 5) is 39.2. The van der Waals surface area contributed by atoms with Crippen LogP contribution in [0.4, 0.5) is 4.79 Å². The van der Waals surface area contributed by atoms with Crippen LogP contribution in [0.15, 0.2) is 76.7 Å². The van der Waals surface area contributed by atoms with E-state index in [9.17, 15) is 19.6 Å². The predicted octanol–water partition coefficient (Wildman–Crippen LogP) is 3.32. The minimum atomic E-state index is -0.765. The van der Waals surface area contributed by atoms with Gasteiger partial charge in [0.1, 0.15) is 0 Å². The van der Waals surface area contributed by atoms with E-state index >= 15 is 0 Å². The third-order valence-corrected chi connectivity index (χ3v) is 5.49. The van der Waals surface area contributed by atoms with Crippen molar-refractivity contribution in [3.8, 4) is 11.1 Å². The second-order valence-electron chi connectivity index (χ2n) is 7.52. The number of hydrogen-bond acceptors (Lipinski definition) is 7. The van der Waals surface area contributed by atoms with Gasteiger partial charge in [0.25, 0.3) is 0 Å². The second-order valence-corrected chi connectivity index (χ2v) is 7.52. The molecule has 0 fully saturated rings. The Hall–Kier alpha value is -4.86. The smallest absolute Gasteiger partial charge is 0.412 e. The fourth-order valence-corrected chi connectivity index (χ4v) is 3.85. The maximum absolute atomic E-state index is 12.6. The van der Waals surface area contributed by atoms with E-state index in [1.165, 1.54) is 18.8 Å². The molecule has 0 bridgehead atoms. The van der Waals surface area contributed by atoms with E-state index in [0.717, 1.165) is 11.1 Å². The van der Waals surface area contributed by atoms with Crippen molar-refractivity contribution in [1.82, 2.24) is 14.9 Å². The molecule has 0 saturated carbocycles. The van der Waals surface area contributed by atoms with Crippen LogP contribution in [-0.4, -0.2) is 46.9 Å². The van der Waals surface area contributed by atoms with Crippen molar-refractivity contribution in [1.29, 1.82) is 0 Å². The quantitative estimate of drug-likeness (QED) is 0.134. The van der Waals surface area contributed by atoms with Gasteiger partial charge in [-0.1, -0.05) is 59.8 Å². The third kappa shape index (κ3) is 4.62. The van der Waals surface area contributed by atoms with Crippen LogP contribution in [0.2, 0.25) is 0 Å². The van der Waals surface area contributed by atoms with Crippen molar-refractivity contribution >= 4 is 28.9 Å². The number of esters is 1. The van der Waals surface area contributed by atoms with Crippen LogP contribution in [-0.2, 0) is 16.0 Å².